The van der Waals surface area contributed by atoms with Gasteiger partial charge < -0.3 is 15.6 Å². The van der Waals surface area contributed by atoms with Gasteiger partial charge in [0.15, 0.2) is 0 Å². The van der Waals surface area contributed by atoms with E-state index in [0.717, 1.165) is 26.1 Å². The van der Waals surface area contributed by atoms with Gasteiger partial charge in [-0.2, -0.15) is 0 Å². The van der Waals surface area contributed by atoms with E-state index < -0.39 is 0 Å². The summed E-state index contributed by atoms with van der Waals surface area (Å²) in [7, 11) is 0. The second-order valence-electron chi connectivity index (χ2n) is 3.42. The highest BCUT2D eigenvalue weighted by Gasteiger charge is 2.18. The molecular weight excluding hydrogens is 164 g/mol. The summed E-state index contributed by atoms with van der Waals surface area (Å²) >= 11 is 0. The molecule has 0 spiro atoms. The van der Waals surface area contributed by atoms with Crippen molar-refractivity contribution in [3.05, 3.63) is 17.7 Å². The van der Waals surface area contributed by atoms with Crippen molar-refractivity contribution in [3.8, 4) is 0 Å². The number of aromatic nitrogens is 2. The number of imidazole rings is 1. The second-order valence-corrected chi connectivity index (χ2v) is 3.42. The minimum atomic E-state index is 0.538. The largest absolute Gasteiger partial charge is 0.347 e. The summed E-state index contributed by atoms with van der Waals surface area (Å²) in [5.41, 5.74) is 2.47. The van der Waals surface area contributed by atoms with Crippen LogP contribution in [0, 0.1) is 0 Å². The number of likely N-dealkylation sites (N-methyl/N-ethyl adjacent to an activating group) is 1. The van der Waals surface area contributed by atoms with E-state index in [2.05, 4.69) is 27.5 Å². The molecule has 13 heavy (non-hydrogen) atoms. The molecule has 1 unspecified atom stereocenters. The van der Waals surface area contributed by atoms with E-state index >= 15 is 0 Å². The standard InChI is InChI=1S/C9H16N4/c1-2-10-4-7-3-8-9(5-11-7)13-6-12-8/h6-7,10-11H,2-5H2,1H3,(H,12,13). The fourth-order valence-corrected chi connectivity index (χ4v) is 1.69. The smallest absolute Gasteiger partial charge is 0.0925 e. The van der Waals surface area contributed by atoms with Crippen LogP contribution >= 0.6 is 0 Å². The molecule has 0 aliphatic carbocycles. The Balaban J connectivity index is 1.93. The summed E-state index contributed by atoms with van der Waals surface area (Å²) in [6.07, 6.45) is 2.81. The monoisotopic (exact) mass is 180 g/mol. The fourth-order valence-electron chi connectivity index (χ4n) is 1.69. The molecule has 0 bridgehead atoms. The lowest BCUT2D eigenvalue weighted by molar-refractivity contribution is 0.446. The number of aromatic amines is 1. The molecule has 1 aromatic heterocycles. The van der Waals surface area contributed by atoms with Gasteiger partial charge in [0.1, 0.15) is 0 Å². The third kappa shape index (κ3) is 1.89. The van der Waals surface area contributed by atoms with Gasteiger partial charge in [-0.1, -0.05) is 6.92 Å². The van der Waals surface area contributed by atoms with Crippen LogP contribution in [0.25, 0.3) is 0 Å². The molecule has 0 amide bonds. The lowest BCUT2D eigenvalue weighted by Crippen LogP contribution is -2.42. The summed E-state index contributed by atoms with van der Waals surface area (Å²) in [6, 6.07) is 0.538. The third-order valence-corrected chi connectivity index (χ3v) is 2.46. The summed E-state index contributed by atoms with van der Waals surface area (Å²) in [4.78, 5) is 7.43. The zero-order valence-electron chi connectivity index (χ0n) is 7.93. The summed E-state index contributed by atoms with van der Waals surface area (Å²) in [5.74, 6) is 0. The first-order valence-electron chi connectivity index (χ1n) is 4.85. The first kappa shape index (κ1) is 8.72. The van der Waals surface area contributed by atoms with Crippen LogP contribution < -0.4 is 10.6 Å². The molecule has 3 N–H and O–H groups in total. The van der Waals surface area contributed by atoms with Gasteiger partial charge in [0, 0.05) is 25.6 Å². The molecule has 2 heterocycles. The van der Waals surface area contributed by atoms with Crippen molar-refractivity contribution < 1.29 is 0 Å². The van der Waals surface area contributed by atoms with E-state index in [0.29, 0.717) is 6.04 Å². The minimum Gasteiger partial charge on any atom is -0.347 e. The van der Waals surface area contributed by atoms with Crippen LogP contribution in [-0.2, 0) is 13.0 Å². The molecule has 0 saturated heterocycles. The summed E-state index contributed by atoms with van der Waals surface area (Å²) in [6.45, 7) is 5.11. The van der Waals surface area contributed by atoms with Gasteiger partial charge in [0.05, 0.1) is 17.7 Å². The predicted molar refractivity (Wildman–Crippen MR) is 51.5 cm³/mol. The van der Waals surface area contributed by atoms with Gasteiger partial charge in [-0.05, 0) is 6.54 Å². The van der Waals surface area contributed by atoms with E-state index in [-0.39, 0.29) is 0 Å². The average Bonchev–Trinajstić information content (AvgIpc) is 2.61. The molecule has 0 aromatic carbocycles. The number of hydrogen-bond donors (Lipinski definition) is 3. The van der Waals surface area contributed by atoms with Crippen molar-refractivity contribution in [2.45, 2.75) is 25.9 Å². The Morgan fingerprint density at radius 2 is 2.62 bits per heavy atom. The number of fused-ring (bicyclic) bond motifs is 1. The minimum absolute atomic E-state index is 0.538. The normalized spacial score (nSPS) is 21.5. The number of rotatable bonds is 3. The predicted octanol–water partition coefficient (Wildman–Crippen LogP) is 0.0335. The fraction of sp³-hybridized carbons (Fsp3) is 0.667. The zero-order chi connectivity index (χ0) is 9.10. The Morgan fingerprint density at radius 3 is 3.46 bits per heavy atom. The molecule has 1 aromatic rings. The summed E-state index contributed by atoms with van der Waals surface area (Å²) in [5, 5.41) is 6.80. The SMILES string of the molecule is CCNCC1Cc2nc[nH]c2CN1. The van der Waals surface area contributed by atoms with Crippen molar-refractivity contribution >= 4 is 0 Å². The number of nitrogens with one attached hydrogen (secondary N) is 3. The highest BCUT2D eigenvalue weighted by molar-refractivity contribution is 5.15. The molecule has 0 fully saturated rings. The maximum atomic E-state index is 4.29. The Bertz CT molecular complexity index is 268. The van der Waals surface area contributed by atoms with Crippen LogP contribution in [0.2, 0.25) is 0 Å². The zero-order valence-corrected chi connectivity index (χ0v) is 7.93. The van der Waals surface area contributed by atoms with Gasteiger partial charge in [-0.25, -0.2) is 4.98 Å². The van der Waals surface area contributed by atoms with Crippen molar-refractivity contribution in [3.63, 3.8) is 0 Å². The van der Waals surface area contributed by atoms with E-state index in [4.69, 9.17) is 0 Å². The topological polar surface area (TPSA) is 52.7 Å². The molecule has 2 rings (SSSR count). The Labute approximate surface area is 78.1 Å². The molecule has 4 nitrogen and oxygen atoms in total. The molecule has 0 radical (unpaired) electrons. The van der Waals surface area contributed by atoms with Crippen molar-refractivity contribution in [2.75, 3.05) is 13.1 Å². The third-order valence-electron chi connectivity index (χ3n) is 2.46. The number of nitrogens with zero attached hydrogens (tertiary/aromatic N) is 1. The van der Waals surface area contributed by atoms with Crippen LogP contribution in [0.4, 0.5) is 0 Å². The van der Waals surface area contributed by atoms with E-state index in [9.17, 15) is 0 Å². The van der Waals surface area contributed by atoms with Gasteiger partial charge in [0.25, 0.3) is 0 Å². The van der Waals surface area contributed by atoms with Gasteiger partial charge in [-0.3, -0.25) is 0 Å². The first-order chi connectivity index (χ1) is 6.40. The highest BCUT2D eigenvalue weighted by Crippen LogP contribution is 2.11. The Hall–Kier alpha value is -0.870. The van der Waals surface area contributed by atoms with Crippen molar-refractivity contribution in [1.82, 2.24) is 20.6 Å². The second kappa shape index (κ2) is 3.89. The van der Waals surface area contributed by atoms with E-state index in [1.54, 1.807) is 6.33 Å². The van der Waals surface area contributed by atoms with Gasteiger partial charge in [-0.15, -0.1) is 0 Å². The van der Waals surface area contributed by atoms with Gasteiger partial charge in [0.2, 0.25) is 0 Å². The Morgan fingerprint density at radius 1 is 1.69 bits per heavy atom. The molecule has 1 aliphatic rings. The van der Waals surface area contributed by atoms with E-state index in [1.807, 2.05) is 0 Å². The molecule has 4 heteroatoms. The van der Waals surface area contributed by atoms with Gasteiger partial charge >= 0.3 is 0 Å². The van der Waals surface area contributed by atoms with E-state index in [1.165, 1.54) is 11.4 Å². The molecule has 1 aliphatic heterocycles. The quantitative estimate of drug-likeness (QED) is 0.615. The van der Waals surface area contributed by atoms with Crippen LogP contribution in [0.15, 0.2) is 6.33 Å². The summed E-state index contributed by atoms with van der Waals surface area (Å²) < 4.78 is 0. The van der Waals surface area contributed by atoms with Crippen LogP contribution in [0.3, 0.4) is 0 Å². The first-order valence-corrected chi connectivity index (χ1v) is 4.85. The molecular formula is C9H16N4. The average molecular weight is 180 g/mol. The Kier molecular flexibility index (Phi) is 2.61. The van der Waals surface area contributed by atoms with Crippen molar-refractivity contribution in [2.24, 2.45) is 0 Å². The van der Waals surface area contributed by atoms with Crippen LogP contribution in [0.1, 0.15) is 18.3 Å². The maximum absolute atomic E-state index is 4.29. The molecule has 1 atom stereocenters. The molecule has 0 saturated carbocycles. The lowest BCUT2D eigenvalue weighted by atomic mass is 10.1. The maximum Gasteiger partial charge on any atom is 0.0925 e. The van der Waals surface area contributed by atoms with Crippen LogP contribution in [-0.4, -0.2) is 29.1 Å². The highest BCUT2D eigenvalue weighted by atomic mass is 15.0. The number of hydrogen-bond acceptors (Lipinski definition) is 3. The van der Waals surface area contributed by atoms with Crippen molar-refractivity contribution in [1.29, 1.82) is 0 Å². The lowest BCUT2D eigenvalue weighted by Gasteiger charge is -2.22. The van der Waals surface area contributed by atoms with Crippen LogP contribution in [0.5, 0.6) is 0 Å². The number of H-pyrrole nitrogens is 1. The molecule has 72 valence electrons.